The fourth-order valence-corrected chi connectivity index (χ4v) is 1.58. The average Bonchev–Trinajstić information content (AvgIpc) is 2.26. The highest BCUT2D eigenvalue weighted by molar-refractivity contribution is 5.82. The molecule has 1 unspecified atom stereocenters. The lowest BCUT2D eigenvalue weighted by atomic mass is 9.78. The van der Waals surface area contributed by atoms with Gasteiger partial charge in [-0.25, -0.2) is 0 Å². The first-order chi connectivity index (χ1) is 7.86. The topological polar surface area (TPSA) is 101 Å². The number of aliphatic carboxylic acids is 2. The first kappa shape index (κ1) is 13.0. The standard InChI is InChI=1S/C12H15NO4/c1-12(11(16)17,7-6-10(14)15)8-2-4-9(13)5-3-8/h2-5H,6-7,13H2,1H3,(H,14,15)(H,16,17). The summed E-state index contributed by atoms with van der Waals surface area (Å²) in [5.41, 5.74) is 5.42. The minimum atomic E-state index is -1.20. The fourth-order valence-electron chi connectivity index (χ4n) is 1.58. The molecule has 0 fully saturated rings. The Balaban J connectivity index is 3.02. The van der Waals surface area contributed by atoms with E-state index in [1.807, 2.05) is 0 Å². The molecule has 0 saturated carbocycles. The Hall–Kier alpha value is -2.04. The molecule has 0 radical (unpaired) electrons. The molecule has 4 N–H and O–H groups in total. The maximum Gasteiger partial charge on any atom is 0.313 e. The molecule has 5 nitrogen and oxygen atoms in total. The fraction of sp³-hybridized carbons (Fsp3) is 0.333. The molecule has 0 saturated heterocycles. The average molecular weight is 237 g/mol. The molecular formula is C12H15NO4. The predicted molar refractivity (Wildman–Crippen MR) is 62.7 cm³/mol. The van der Waals surface area contributed by atoms with E-state index in [1.54, 1.807) is 24.3 Å². The van der Waals surface area contributed by atoms with Crippen LogP contribution in [0.4, 0.5) is 5.69 Å². The van der Waals surface area contributed by atoms with Crippen molar-refractivity contribution >= 4 is 17.6 Å². The second-order valence-corrected chi connectivity index (χ2v) is 4.15. The van der Waals surface area contributed by atoms with Gasteiger partial charge in [0.25, 0.3) is 0 Å². The van der Waals surface area contributed by atoms with E-state index in [1.165, 1.54) is 6.92 Å². The highest BCUT2D eigenvalue weighted by Crippen LogP contribution is 2.30. The van der Waals surface area contributed by atoms with Crippen LogP contribution in [0.2, 0.25) is 0 Å². The van der Waals surface area contributed by atoms with Crippen molar-refractivity contribution < 1.29 is 19.8 Å². The molecular weight excluding hydrogens is 222 g/mol. The number of carboxylic acids is 2. The summed E-state index contributed by atoms with van der Waals surface area (Å²) in [5, 5.41) is 17.9. The molecule has 0 spiro atoms. The zero-order valence-corrected chi connectivity index (χ0v) is 9.51. The number of nitrogen functional groups attached to an aromatic ring is 1. The van der Waals surface area contributed by atoms with Crippen molar-refractivity contribution in [2.75, 3.05) is 5.73 Å². The van der Waals surface area contributed by atoms with Crippen molar-refractivity contribution in [1.82, 2.24) is 0 Å². The predicted octanol–water partition coefficient (Wildman–Crippen LogP) is 1.48. The summed E-state index contributed by atoms with van der Waals surface area (Å²) in [6.07, 6.45) is -0.144. The maximum absolute atomic E-state index is 11.3. The highest BCUT2D eigenvalue weighted by Gasteiger charge is 2.35. The van der Waals surface area contributed by atoms with Crippen LogP contribution in [0.15, 0.2) is 24.3 Å². The van der Waals surface area contributed by atoms with Gasteiger partial charge in [0.15, 0.2) is 0 Å². The van der Waals surface area contributed by atoms with Gasteiger partial charge in [0.05, 0.1) is 5.41 Å². The van der Waals surface area contributed by atoms with Crippen molar-refractivity contribution in [2.45, 2.75) is 25.2 Å². The van der Waals surface area contributed by atoms with Crippen LogP contribution < -0.4 is 5.73 Å². The van der Waals surface area contributed by atoms with Crippen molar-refractivity contribution in [3.05, 3.63) is 29.8 Å². The Bertz CT molecular complexity index is 427. The molecule has 17 heavy (non-hydrogen) atoms. The summed E-state index contributed by atoms with van der Waals surface area (Å²) in [7, 11) is 0. The van der Waals surface area contributed by atoms with Gasteiger partial charge in [-0.3, -0.25) is 9.59 Å². The minimum Gasteiger partial charge on any atom is -0.481 e. The molecule has 0 aliphatic heterocycles. The van der Waals surface area contributed by atoms with Crippen molar-refractivity contribution in [2.24, 2.45) is 0 Å². The van der Waals surface area contributed by atoms with Crippen LogP contribution >= 0.6 is 0 Å². The van der Waals surface area contributed by atoms with E-state index < -0.39 is 17.4 Å². The van der Waals surface area contributed by atoms with E-state index in [0.29, 0.717) is 11.3 Å². The van der Waals surface area contributed by atoms with E-state index in [-0.39, 0.29) is 12.8 Å². The SMILES string of the molecule is CC(CCC(=O)O)(C(=O)O)c1ccc(N)cc1. The van der Waals surface area contributed by atoms with Gasteiger partial charge in [-0.05, 0) is 31.0 Å². The van der Waals surface area contributed by atoms with Gasteiger partial charge < -0.3 is 15.9 Å². The summed E-state index contributed by atoms with van der Waals surface area (Å²) < 4.78 is 0. The van der Waals surface area contributed by atoms with Gasteiger partial charge >= 0.3 is 11.9 Å². The van der Waals surface area contributed by atoms with E-state index >= 15 is 0 Å². The molecule has 0 amide bonds. The Morgan fingerprint density at radius 3 is 2.18 bits per heavy atom. The van der Waals surface area contributed by atoms with Gasteiger partial charge in [-0.15, -0.1) is 0 Å². The van der Waals surface area contributed by atoms with Gasteiger partial charge in [0.2, 0.25) is 0 Å². The van der Waals surface area contributed by atoms with Gasteiger partial charge in [-0.2, -0.15) is 0 Å². The number of carboxylic acid groups (broad SMARTS) is 2. The van der Waals surface area contributed by atoms with E-state index in [4.69, 9.17) is 10.8 Å². The summed E-state index contributed by atoms with van der Waals surface area (Å²) in [6.45, 7) is 1.52. The number of anilines is 1. The first-order valence-corrected chi connectivity index (χ1v) is 5.17. The van der Waals surface area contributed by atoms with E-state index in [9.17, 15) is 14.7 Å². The Kier molecular flexibility index (Phi) is 3.73. The van der Waals surface area contributed by atoms with Crippen LogP contribution in [0.5, 0.6) is 0 Å². The lowest BCUT2D eigenvalue weighted by Gasteiger charge is -2.24. The second-order valence-electron chi connectivity index (χ2n) is 4.15. The van der Waals surface area contributed by atoms with Crippen LogP contribution in [-0.2, 0) is 15.0 Å². The molecule has 92 valence electrons. The number of nitrogens with two attached hydrogens (primary N) is 1. The van der Waals surface area contributed by atoms with Crippen LogP contribution in [0.3, 0.4) is 0 Å². The van der Waals surface area contributed by atoms with Gasteiger partial charge in [0, 0.05) is 12.1 Å². The molecule has 1 rings (SSSR count). The Morgan fingerprint density at radius 2 is 1.76 bits per heavy atom. The zero-order valence-electron chi connectivity index (χ0n) is 9.51. The number of rotatable bonds is 5. The van der Waals surface area contributed by atoms with Crippen LogP contribution in [0.1, 0.15) is 25.3 Å². The molecule has 0 aliphatic rings. The third-order valence-corrected chi connectivity index (χ3v) is 2.86. The monoisotopic (exact) mass is 237 g/mol. The molecule has 1 aromatic rings. The maximum atomic E-state index is 11.3. The number of hydrogen-bond donors (Lipinski definition) is 3. The third-order valence-electron chi connectivity index (χ3n) is 2.86. The Morgan fingerprint density at radius 1 is 1.24 bits per heavy atom. The number of carbonyl (C=O) groups is 2. The van der Waals surface area contributed by atoms with Gasteiger partial charge in [-0.1, -0.05) is 12.1 Å². The lowest BCUT2D eigenvalue weighted by Crippen LogP contribution is -2.33. The highest BCUT2D eigenvalue weighted by atomic mass is 16.4. The van der Waals surface area contributed by atoms with E-state index in [2.05, 4.69) is 0 Å². The molecule has 1 aromatic carbocycles. The minimum absolute atomic E-state index is 0.0432. The lowest BCUT2D eigenvalue weighted by molar-refractivity contribution is -0.144. The number of hydrogen-bond acceptors (Lipinski definition) is 3. The smallest absolute Gasteiger partial charge is 0.313 e. The zero-order chi connectivity index (χ0) is 13.1. The second kappa shape index (κ2) is 4.86. The number of benzene rings is 1. The summed E-state index contributed by atoms with van der Waals surface area (Å²) in [5.74, 6) is -2.04. The van der Waals surface area contributed by atoms with Crippen molar-refractivity contribution in [3.63, 3.8) is 0 Å². The molecule has 5 heteroatoms. The van der Waals surface area contributed by atoms with Crippen LogP contribution in [-0.4, -0.2) is 22.2 Å². The molecule has 0 aliphatic carbocycles. The molecule has 0 heterocycles. The third kappa shape index (κ3) is 2.96. The molecule has 0 aromatic heterocycles. The largest absolute Gasteiger partial charge is 0.481 e. The quantitative estimate of drug-likeness (QED) is 0.673. The summed E-state index contributed by atoms with van der Waals surface area (Å²) >= 11 is 0. The molecule has 1 atom stereocenters. The normalized spacial score (nSPS) is 13.9. The Labute approximate surface area is 98.9 Å². The van der Waals surface area contributed by atoms with Gasteiger partial charge in [0.1, 0.15) is 0 Å². The van der Waals surface area contributed by atoms with Crippen LogP contribution in [0.25, 0.3) is 0 Å². The van der Waals surface area contributed by atoms with Crippen molar-refractivity contribution in [1.29, 1.82) is 0 Å². The van der Waals surface area contributed by atoms with Crippen LogP contribution in [0, 0.1) is 0 Å². The van der Waals surface area contributed by atoms with Crippen molar-refractivity contribution in [3.8, 4) is 0 Å². The summed E-state index contributed by atoms with van der Waals surface area (Å²) in [6, 6.07) is 6.45. The molecule has 0 bridgehead atoms. The first-order valence-electron chi connectivity index (χ1n) is 5.17. The summed E-state index contributed by atoms with van der Waals surface area (Å²) in [4.78, 5) is 21.8. The van der Waals surface area contributed by atoms with E-state index in [0.717, 1.165) is 0 Å².